The van der Waals surface area contributed by atoms with E-state index in [1.165, 1.54) is 102 Å². The number of rotatable bonds is 8. The number of carbonyl (C=O) groups is 2. The number of benzene rings is 1. The van der Waals surface area contributed by atoms with E-state index in [1.54, 1.807) is 0 Å². The predicted octanol–water partition coefficient (Wildman–Crippen LogP) is 9.31. The van der Waals surface area contributed by atoms with Gasteiger partial charge in [0, 0.05) is 6.04 Å². The molecule has 216 valence electrons. The predicted molar refractivity (Wildman–Crippen MR) is 162 cm³/mol. The highest BCUT2D eigenvalue weighted by Crippen LogP contribution is 2.33. The number of aldehydes is 1. The van der Waals surface area contributed by atoms with Crippen molar-refractivity contribution < 1.29 is 14.3 Å². The quantitative estimate of drug-likeness (QED) is 0.208. The van der Waals surface area contributed by atoms with Gasteiger partial charge in [-0.3, -0.25) is 9.59 Å². The Morgan fingerprint density at radius 1 is 0.842 bits per heavy atom. The zero-order chi connectivity index (χ0) is 27.8. The Bertz CT molecular complexity index is 703. The average Bonchev–Trinajstić information content (AvgIpc) is 2.93. The Balaban J connectivity index is 0.000000335. The van der Waals surface area contributed by atoms with Crippen molar-refractivity contribution >= 4 is 12.8 Å². The lowest BCUT2D eigenvalue weighted by atomic mass is 9.82. The summed E-state index contributed by atoms with van der Waals surface area (Å²) in [6.07, 6.45) is 27.2. The molecule has 2 aliphatic carbocycles. The molecule has 4 nitrogen and oxygen atoms in total. The number of ether oxygens (including phenoxy) is 1. The first-order valence-electron chi connectivity index (χ1n) is 15.6. The lowest BCUT2D eigenvalue weighted by Gasteiger charge is -2.26. The molecule has 1 aromatic carbocycles. The van der Waals surface area contributed by atoms with Gasteiger partial charge < -0.3 is 10.5 Å². The molecule has 2 fully saturated rings. The maximum absolute atomic E-state index is 10.2. The number of hydrogen-bond donors (Lipinski definition) is 1. The molecule has 2 aliphatic rings. The van der Waals surface area contributed by atoms with Gasteiger partial charge in [-0.15, -0.1) is 0 Å². The van der Waals surface area contributed by atoms with E-state index in [1.807, 2.05) is 24.3 Å². The summed E-state index contributed by atoms with van der Waals surface area (Å²) in [6.45, 7) is 8.35. The fraction of sp³-hybridized carbons (Fsp3) is 0.706. The zero-order valence-corrected chi connectivity index (χ0v) is 24.6. The van der Waals surface area contributed by atoms with Crippen molar-refractivity contribution in [1.82, 2.24) is 0 Å². The molecule has 0 saturated heterocycles. The van der Waals surface area contributed by atoms with Gasteiger partial charge >= 0.3 is 0 Å². The molecular weight excluding hydrogens is 470 g/mol. The summed E-state index contributed by atoms with van der Waals surface area (Å²) < 4.78 is 4.76. The Morgan fingerprint density at radius 2 is 1.39 bits per heavy atom. The maximum Gasteiger partial charge on any atom is 0.298 e. The summed E-state index contributed by atoms with van der Waals surface area (Å²) >= 11 is 0. The van der Waals surface area contributed by atoms with Crippen molar-refractivity contribution in [3.63, 3.8) is 0 Å². The van der Waals surface area contributed by atoms with E-state index >= 15 is 0 Å². The van der Waals surface area contributed by atoms with Crippen LogP contribution < -0.4 is 10.5 Å². The van der Waals surface area contributed by atoms with Gasteiger partial charge in [0.1, 0.15) is 12.0 Å². The highest BCUT2D eigenvalue weighted by Gasteiger charge is 2.19. The molecule has 0 aromatic heterocycles. The minimum Gasteiger partial charge on any atom is -0.429 e. The van der Waals surface area contributed by atoms with Crippen LogP contribution in [-0.4, -0.2) is 18.8 Å². The van der Waals surface area contributed by atoms with Crippen LogP contribution in [0.1, 0.15) is 141 Å². The summed E-state index contributed by atoms with van der Waals surface area (Å²) in [5.74, 6) is 3.27. The third kappa shape index (κ3) is 16.8. The summed E-state index contributed by atoms with van der Waals surface area (Å²) in [5.41, 5.74) is 7.20. The first-order chi connectivity index (χ1) is 18.5. The molecule has 2 unspecified atom stereocenters. The average molecular weight is 528 g/mol. The van der Waals surface area contributed by atoms with E-state index in [2.05, 4.69) is 20.4 Å². The summed E-state index contributed by atoms with van der Waals surface area (Å²) in [7, 11) is 0. The van der Waals surface area contributed by atoms with Crippen LogP contribution in [0, 0.1) is 11.8 Å². The summed E-state index contributed by atoms with van der Waals surface area (Å²) in [5, 5.41) is 0. The van der Waals surface area contributed by atoms with E-state index < -0.39 is 0 Å². The third-order valence-corrected chi connectivity index (χ3v) is 8.24. The lowest BCUT2D eigenvalue weighted by molar-refractivity contribution is -0.120. The minimum absolute atomic E-state index is 0.383. The molecule has 0 heterocycles. The van der Waals surface area contributed by atoms with E-state index in [0.29, 0.717) is 30.5 Å². The topological polar surface area (TPSA) is 69.4 Å². The number of nitrogens with two attached hydrogens (primary N) is 1. The van der Waals surface area contributed by atoms with Crippen LogP contribution in [0.25, 0.3) is 0 Å². The van der Waals surface area contributed by atoms with Crippen molar-refractivity contribution in [2.75, 3.05) is 0 Å². The van der Waals surface area contributed by atoms with E-state index in [9.17, 15) is 4.79 Å². The van der Waals surface area contributed by atoms with Crippen LogP contribution >= 0.6 is 0 Å². The highest BCUT2D eigenvalue weighted by molar-refractivity contribution is 5.63. The van der Waals surface area contributed by atoms with Gasteiger partial charge in [0.05, 0.1) is 0 Å². The van der Waals surface area contributed by atoms with Crippen LogP contribution in [0.5, 0.6) is 5.75 Å². The maximum atomic E-state index is 10.2. The number of carbonyl (C=O) groups excluding carboxylic acids is 2. The Hall–Kier alpha value is -1.94. The Kier molecular flexibility index (Phi) is 20.6. The highest BCUT2D eigenvalue weighted by atomic mass is 16.5. The largest absolute Gasteiger partial charge is 0.429 e. The molecule has 0 bridgehead atoms. The van der Waals surface area contributed by atoms with Crippen LogP contribution in [0.2, 0.25) is 0 Å². The molecule has 38 heavy (non-hydrogen) atoms. The second-order valence-electron chi connectivity index (χ2n) is 11.5. The second-order valence-corrected chi connectivity index (χ2v) is 11.5. The van der Waals surface area contributed by atoms with Crippen molar-refractivity contribution in [3.8, 4) is 5.75 Å². The normalized spacial score (nSPS) is 24.5. The molecule has 0 spiro atoms. The van der Waals surface area contributed by atoms with Crippen LogP contribution in [-0.2, 0) is 9.59 Å². The van der Waals surface area contributed by atoms with Crippen molar-refractivity contribution in [3.05, 3.63) is 42.5 Å². The second kappa shape index (κ2) is 23.0. The van der Waals surface area contributed by atoms with E-state index in [4.69, 9.17) is 15.3 Å². The fourth-order valence-electron chi connectivity index (χ4n) is 5.79. The Labute approximate surface area is 234 Å². The fourth-order valence-corrected chi connectivity index (χ4v) is 5.79. The lowest BCUT2D eigenvalue weighted by Crippen LogP contribution is -2.25. The smallest absolute Gasteiger partial charge is 0.298 e. The zero-order valence-electron chi connectivity index (χ0n) is 24.6. The van der Waals surface area contributed by atoms with Gasteiger partial charge in [-0.1, -0.05) is 122 Å². The van der Waals surface area contributed by atoms with Crippen LogP contribution in [0.15, 0.2) is 36.9 Å². The molecule has 0 amide bonds. The summed E-state index contributed by atoms with van der Waals surface area (Å²) in [6, 6.07) is 8.16. The van der Waals surface area contributed by atoms with Gasteiger partial charge in [0.15, 0.2) is 0 Å². The summed E-state index contributed by atoms with van der Waals surface area (Å²) in [4.78, 5) is 19.2. The molecule has 0 radical (unpaired) electrons. The van der Waals surface area contributed by atoms with Gasteiger partial charge in [0.25, 0.3) is 6.47 Å². The molecule has 3 rings (SSSR count). The standard InChI is InChI=1S/C18H36.C13H17NO2.C3H4O/c1-3-4-7-14-18-15-9-6-5-8-12-17(2)13-10-11-16-18;14-12-5-1-10(2-6-12)11-3-7-13(8-4-11)16-9-15;1-2-3-4/h17-18H,3-16H2,1-2H3;3-4,7-10,12H,1-2,5-6,14H2;2-3H,1H2. The van der Waals surface area contributed by atoms with Gasteiger partial charge in [-0.25, -0.2) is 0 Å². The van der Waals surface area contributed by atoms with Crippen LogP contribution in [0.4, 0.5) is 0 Å². The van der Waals surface area contributed by atoms with E-state index in [-0.39, 0.29) is 0 Å². The first kappa shape index (κ1) is 34.1. The number of unbranched alkanes of at least 4 members (excludes halogenated alkanes) is 2. The first-order valence-corrected chi connectivity index (χ1v) is 15.6. The number of allylic oxidation sites excluding steroid dienone is 1. The Morgan fingerprint density at radius 3 is 1.95 bits per heavy atom. The molecule has 2 atom stereocenters. The molecular formula is C34H57NO3. The SMILES string of the molecule is C=CC=O.CCCCCC1CCCCCCC(C)CCCC1.NC1CCC(c2ccc(OC=O)cc2)CC1. The van der Waals surface area contributed by atoms with Gasteiger partial charge in [-0.05, 0) is 67.2 Å². The van der Waals surface area contributed by atoms with Crippen LogP contribution in [0.3, 0.4) is 0 Å². The third-order valence-electron chi connectivity index (χ3n) is 8.24. The molecule has 1 aromatic rings. The molecule has 2 N–H and O–H groups in total. The molecule has 2 saturated carbocycles. The van der Waals surface area contributed by atoms with Gasteiger partial charge in [0.2, 0.25) is 0 Å². The van der Waals surface area contributed by atoms with Crippen molar-refractivity contribution in [2.45, 2.75) is 141 Å². The van der Waals surface area contributed by atoms with Crippen molar-refractivity contribution in [2.24, 2.45) is 17.6 Å². The van der Waals surface area contributed by atoms with Crippen molar-refractivity contribution in [1.29, 1.82) is 0 Å². The van der Waals surface area contributed by atoms with Gasteiger partial charge in [-0.2, -0.15) is 0 Å². The molecule has 4 heteroatoms. The molecule has 0 aliphatic heterocycles. The monoisotopic (exact) mass is 527 g/mol. The number of hydrogen-bond acceptors (Lipinski definition) is 4. The van der Waals surface area contributed by atoms with E-state index in [0.717, 1.165) is 37.5 Å². The minimum atomic E-state index is 0.383.